The molecule has 1 aromatic carbocycles. The van der Waals surface area contributed by atoms with Crippen LogP contribution in [0.2, 0.25) is 0 Å². The number of rotatable bonds is 7. The number of hydrogen-bond donors (Lipinski definition) is 1. The standard InChI is InChI=1S/C13H19F2NO2/c1-3-11(17)9-16(2)8-10-4-6-12(7-5-10)18-13(14)15/h4-7,11,13,17H,3,8-9H2,1-2H3. The van der Waals surface area contributed by atoms with E-state index < -0.39 is 6.61 Å². The number of benzene rings is 1. The van der Waals surface area contributed by atoms with E-state index in [-0.39, 0.29) is 11.9 Å². The molecule has 1 N–H and O–H groups in total. The molecule has 1 unspecified atom stereocenters. The van der Waals surface area contributed by atoms with Crippen molar-refractivity contribution in [3.05, 3.63) is 29.8 Å². The summed E-state index contributed by atoms with van der Waals surface area (Å²) >= 11 is 0. The van der Waals surface area contributed by atoms with Crippen molar-refractivity contribution in [1.82, 2.24) is 4.90 Å². The van der Waals surface area contributed by atoms with Gasteiger partial charge in [0.05, 0.1) is 6.10 Å². The lowest BCUT2D eigenvalue weighted by atomic mass is 10.2. The molecule has 0 bridgehead atoms. The quantitative estimate of drug-likeness (QED) is 0.816. The maximum absolute atomic E-state index is 12.0. The number of ether oxygens (including phenoxy) is 1. The highest BCUT2D eigenvalue weighted by Crippen LogP contribution is 2.15. The first-order valence-electron chi connectivity index (χ1n) is 5.91. The maximum atomic E-state index is 12.0. The number of likely N-dealkylation sites (N-methyl/N-ethyl adjacent to an activating group) is 1. The number of aliphatic hydroxyl groups excluding tert-OH is 1. The normalized spacial score (nSPS) is 13.1. The lowest BCUT2D eigenvalue weighted by Crippen LogP contribution is -2.28. The van der Waals surface area contributed by atoms with E-state index in [9.17, 15) is 13.9 Å². The monoisotopic (exact) mass is 259 g/mol. The van der Waals surface area contributed by atoms with Gasteiger partial charge in [-0.2, -0.15) is 8.78 Å². The summed E-state index contributed by atoms with van der Waals surface area (Å²) in [7, 11) is 1.91. The smallest absolute Gasteiger partial charge is 0.387 e. The Morgan fingerprint density at radius 2 is 1.89 bits per heavy atom. The molecule has 102 valence electrons. The highest BCUT2D eigenvalue weighted by Gasteiger charge is 2.07. The number of nitrogens with zero attached hydrogens (tertiary/aromatic N) is 1. The molecule has 0 aliphatic carbocycles. The van der Waals surface area contributed by atoms with Gasteiger partial charge in [-0.1, -0.05) is 19.1 Å². The van der Waals surface area contributed by atoms with Gasteiger partial charge in [-0.05, 0) is 31.2 Å². The van der Waals surface area contributed by atoms with Crippen LogP contribution in [0.4, 0.5) is 8.78 Å². The average Bonchev–Trinajstić information content (AvgIpc) is 2.30. The summed E-state index contributed by atoms with van der Waals surface area (Å²) < 4.78 is 28.2. The van der Waals surface area contributed by atoms with E-state index in [2.05, 4.69) is 4.74 Å². The summed E-state index contributed by atoms with van der Waals surface area (Å²) in [4.78, 5) is 1.98. The number of alkyl halides is 2. The van der Waals surface area contributed by atoms with Crippen LogP contribution in [0.15, 0.2) is 24.3 Å². The summed E-state index contributed by atoms with van der Waals surface area (Å²) in [5.74, 6) is 0.157. The zero-order valence-electron chi connectivity index (χ0n) is 10.6. The average molecular weight is 259 g/mol. The van der Waals surface area contributed by atoms with E-state index in [1.54, 1.807) is 12.1 Å². The van der Waals surface area contributed by atoms with Gasteiger partial charge < -0.3 is 9.84 Å². The van der Waals surface area contributed by atoms with E-state index in [0.717, 1.165) is 5.56 Å². The predicted octanol–water partition coefficient (Wildman–Crippen LogP) is 2.49. The molecule has 18 heavy (non-hydrogen) atoms. The van der Waals surface area contributed by atoms with Gasteiger partial charge in [-0.15, -0.1) is 0 Å². The molecule has 0 fully saturated rings. The molecule has 1 aromatic rings. The second-order valence-electron chi connectivity index (χ2n) is 4.28. The molecule has 5 heteroatoms. The molecule has 0 aliphatic heterocycles. The number of aliphatic hydroxyl groups is 1. The Hall–Kier alpha value is -1.20. The van der Waals surface area contributed by atoms with Crippen molar-refractivity contribution in [1.29, 1.82) is 0 Å². The fourth-order valence-electron chi connectivity index (χ4n) is 1.64. The van der Waals surface area contributed by atoms with Crippen LogP contribution in [0.25, 0.3) is 0 Å². The SMILES string of the molecule is CCC(O)CN(C)Cc1ccc(OC(F)F)cc1. The van der Waals surface area contributed by atoms with Crippen LogP contribution >= 0.6 is 0 Å². The predicted molar refractivity (Wildman–Crippen MR) is 65.7 cm³/mol. The molecule has 0 aromatic heterocycles. The minimum absolute atomic E-state index is 0.157. The van der Waals surface area contributed by atoms with Gasteiger partial charge >= 0.3 is 6.61 Å². The Kier molecular flexibility index (Phi) is 6.01. The molecule has 3 nitrogen and oxygen atoms in total. The first-order chi connectivity index (χ1) is 8.51. The van der Waals surface area contributed by atoms with E-state index in [1.165, 1.54) is 12.1 Å². The highest BCUT2D eigenvalue weighted by molar-refractivity contribution is 5.27. The largest absolute Gasteiger partial charge is 0.435 e. The lowest BCUT2D eigenvalue weighted by molar-refractivity contribution is -0.0498. The van der Waals surface area contributed by atoms with Crippen molar-refractivity contribution in [2.75, 3.05) is 13.6 Å². The van der Waals surface area contributed by atoms with E-state index in [4.69, 9.17) is 0 Å². The second kappa shape index (κ2) is 7.28. The van der Waals surface area contributed by atoms with Crippen molar-refractivity contribution >= 4 is 0 Å². The van der Waals surface area contributed by atoms with Crippen molar-refractivity contribution in [2.45, 2.75) is 32.6 Å². The molecular formula is C13H19F2NO2. The summed E-state index contributed by atoms with van der Waals surface area (Å²) in [6.07, 6.45) is 0.377. The first kappa shape index (κ1) is 14.9. The molecule has 0 spiro atoms. The van der Waals surface area contributed by atoms with Crippen LogP contribution in [0, 0.1) is 0 Å². The van der Waals surface area contributed by atoms with E-state index in [1.807, 2.05) is 18.9 Å². The Morgan fingerprint density at radius 1 is 1.28 bits per heavy atom. The van der Waals surface area contributed by atoms with E-state index >= 15 is 0 Å². The third kappa shape index (κ3) is 5.42. The van der Waals surface area contributed by atoms with Gasteiger partial charge in [0, 0.05) is 13.1 Å². The van der Waals surface area contributed by atoms with Gasteiger partial charge in [-0.3, -0.25) is 4.90 Å². The van der Waals surface area contributed by atoms with Gasteiger partial charge in [0.1, 0.15) is 5.75 Å². The van der Waals surface area contributed by atoms with Crippen LogP contribution in [0.5, 0.6) is 5.75 Å². The highest BCUT2D eigenvalue weighted by atomic mass is 19.3. The van der Waals surface area contributed by atoms with Crippen LogP contribution in [-0.4, -0.2) is 36.3 Å². The molecule has 0 radical (unpaired) electrons. The Bertz CT molecular complexity index is 343. The van der Waals surface area contributed by atoms with Gasteiger partial charge in [-0.25, -0.2) is 0 Å². The number of hydrogen-bond acceptors (Lipinski definition) is 3. The summed E-state index contributed by atoms with van der Waals surface area (Å²) in [6.45, 7) is 0.380. The lowest BCUT2D eigenvalue weighted by Gasteiger charge is -2.19. The molecule has 1 atom stereocenters. The van der Waals surface area contributed by atoms with Crippen LogP contribution in [0.1, 0.15) is 18.9 Å². The van der Waals surface area contributed by atoms with Gasteiger partial charge in [0.15, 0.2) is 0 Å². The fraction of sp³-hybridized carbons (Fsp3) is 0.538. The van der Waals surface area contributed by atoms with Gasteiger partial charge in [0.25, 0.3) is 0 Å². The molecule has 1 rings (SSSR count). The third-order valence-corrected chi connectivity index (χ3v) is 2.59. The Morgan fingerprint density at radius 3 is 2.39 bits per heavy atom. The summed E-state index contributed by atoms with van der Waals surface area (Å²) in [5, 5.41) is 9.50. The topological polar surface area (TPSA) is 32.7 Å². The zero-order chi connectivity index (χ0) is 13.5. The van der Waals surface area contributed by atoms with Crippen molar-refractivity contribution in [3.8, 4) is 5.75 Å². The van der Waals surface area contributed by atoms with Gasteiger partial charge in [0.2, 0.25) is 0 Å². The molecule has 0 heterocycles. The van der Waals surface area contributed by atoms with Crippen molar-refractivity contribution < 1.29 is 18.6 Å². The van der Waals surface area contributed by atoms with Crippen molar-refractivity contribution in [2.24, 2.45) is 0 Å². The fourth-order valence-corrected chi connectivity index (χ4v) is 1.64. The summed E-state index contributed by atoms with van der Waals surface area (Å²) in [6, 6.07) is 6.52. The van der Waals surface area contributed by atoms with Crippen LogP contribution in [-0.2, 0) is 6.54 Å². The van der Waals surface area contributed by atoms with Crippen molar-refractivity contribution in [3.63, 3.8) is 0 Å². The molecule has 0 amide bonds. The Balaban J connectivity index is 2.47. The van der Waals surface area contributed by atoms with Crippen LogP contribution in [0.3, 0.4) is 0 Å². The second-order valence-corrected chi connectivity index (χ2v) is 4.28. The minimum atomic E-state index is -2.79. The molecule has 0 saturated carbocycles. The molecule has 0 saturated heterocycles. The minimum Gasteiger partial charge on any atom is -0.435 e. The zero-order valence-corrected chi connectivity index (χ0v) is 10.6. The first-order valence-corrected chi connectivity index (χ1v) is 5.91. The number of halogens is 2. The molecule has 0 aliphatic rings. The van der Waals surface area contributed by atoms with Crippen LogP contribution < -0.4 is 4.74 Å². The molecular weight excluding hydrogens is 240 g/mol. The third-order valence-electron chi connectivity index (χ3n) is 2.59. The Labute approximate surface area is 106 Å². The maximum Gasteiger partial charge on any atom is 0.387 e. The van der Waals surface area contributed by atoms with E-state index in [0.29, 0.717) is 19.5 Å². The summed E-state index contributed by atoms with van der Waals surface area (Å²) in [5.41, 5.74) is 0.988.